The van der Waals surface area contributed by atoms with Gasteiger partial charge in [-0.15, -0.1) is 11.3 Å². The summed E-state index contributed by atoms with van der Waals surface area (Å²) in [6.07, 6.45) is 0.998. The normalized spacial score (nSPS) is 13.0. The molecule has 3 N–H and O–H groups in total. The average molecular weight is 262 g/mol. The van der Waals surface area contributed by atoms with Crippen molar-refractivity contribution in [1.29, 1.82) is 0 Å². The maximum Gasteiger partial charge on any atom is 0.180 e. The lowest BCUT2D eigenvalue weighted by atomic mass is 10.1. The number of thiophene rings is 1. The summed E-state index contributed by atoms with van der Waals surface area (Å²) < 4.78 is 1.18. The summed E-state index contributed by atoms with van der Waals surface area (Å²) in [6.45, 7) is 0. The van der Waals surface area contributed by atoms with Crippen molar-refractivity contribution in [3.63, 3.8) is 0 Å². The molecule has 17 heavy (non-hydrogen) atoms. The molecular weight excluding hydrogens is 252 g/mol. The topological polar surface area (TPSA) is 59.1 Å². The van der Waals surface area contributed by atoms with Crippen LogP contribution in [-0.4, -0.2) is 10.1 Å². The minimum Gasteiger partial charge on any atom is -0.383 e. The van der Waals surface area contributed by atoms with Gasteiger partial charge in [0.05, 0.1) is 4.88 Å². The molecule has 1 aromatic carbocycles. The van der Waals surface area contributed by atoms with Crippen LogP contribution in [0.3, 0.4) is 0 Å². The first kappa shape index (κ1) is 10.7. The van der Waals surface area contributed by atoms with E-state index >= 15 is 0 Å². The van der Waals surface area contributed by atoms with E-state index in [2.05, 4.69) is 11.1 Å². The van der Waals surface area contributed by atoms with Crippen LogP contribution in [0.1, 0.15) is 16.5 Å². The Morgan fingerprint density at radius 3 is 2.88 bits per heavy atom. The Hall–Kier alpha value is -1.43. The molecule has 0 saturated carbocycles. The Labute approximate surface area is 106 Å². The van der Waals surface area contributed by atoms with Crippen LogP contribution in [0.25, 0.3) is 10.1 Å². The van der Waals surface area contributed by atoms with Gasteiger partial charge in [-0.3, -0.25) is 0 Å². The zero-order chi connectivity index (χ0) is 11.8. The Morgan fingerprint density at radius 2 is 2.12 bits per heavy atom. The third-order valence-electron chi connectivity index (χ3n) is 2.62. The predicted molar refractivity (Wildman–Crippen MR) is 72.4 cm³/mol. The van der Waals surface area contributed by atoms with Gasteiger partial charge in [0.2, 0.25) is 0 Å². The number of nitrogen functional groups attached to an aromatic ring is 1. The lowest BCUT2D eigenvalue weighted by Gasteiger charge is -2.06. The quantitative estimate of drug-likeness (QED) is 0.746. The van der Waals surface area contributed by atoms with Crippen LogP contribution in [0.2, 0.25) is 0 Å². The van der Waals surface area contributed by atoms with Crippen LogP contribution in [0.5, 0.6) is 0 Å². The van der Waals surface area contributed by atoms with E-state index in [0.717, 1.165) is 15.8 Å². The van der Waals surface area contributed by atoms with Crippen LogP contribution in [-0.2, 0) is 0 Å². The molecule has 5 heteroatoms. The largest absolute Gasteiger partial charge is 0.383 e. The van der Waals surface area contributed by atoms with E-state index in [1.54, 1.807) is 17.5 Å². The number of anilines is 1. The number of benzene rings is 1. The lowest BCUT2D eigenvalue weighted by Crippen LogP contribution is -1.95. The van der Waals surface area contributed by atoms with E-state index in [4.69, 9.17) is 5.73 Å². The molecule has 0 radical (unpaired) electrons. The molecule has 2 aromatic heterocycles. The fourth-order valence-electron chi connectivity index (χ4n) is 1.79. The van der Waals surface area contributed by atoms with Crippen molar-refractivity contribution in [2.75, 3.05) is 5.73 Å². The molecule has 2 heterocycles. The molecule has 1 atom stereocenters. The first-order valence-corrected chi connectivity index (χ1v) is 6.80. The molecule has 0 amide bonds. The molecule has 0 saturated heterocycles. The van der Waals surface area contributed by atoms with Crippen molar-refractivity contribution in [2.45, 2.75) is 6.10 Å². The molecule has 0 bridgehead atoms. The van der Waals surface area contributed by atoms with Gasteiger partial charge in [0, 0.05) is 16.5 Å². The number of fused-ring (bicyclic) bond motifs is 1. The Bertz CT molecular complexity index is 659. The molecule has 3 rings (SSSR count). The van der Waals surface area contributed by atoms with Gasteiger partial charge in [0.15, 0.2) is 5.13 Å². The van der Waals surface area contributed by atoms with Crippen molar-refractivity contribution < 1.29 is 5.11 Å². The highest BCUT2D eigenvalue weighted by molar-refractivity contribution is 7.17. The van der Waals surface area contributed by atoms with E-state index < -0.39 is 6.10 Å². The second-order valence-corrected chi connectivity index (χ2v) is 5.70. The summed E-state index contributed by atoms with van der Waals surface area (Å²) in [5.74, 6) is 0. The molecule has 3 aromatic rings. The Morgan fingerprint density at radius 1 is 1.29 bits per heavy atom. The van der Waals surface area contributed by atoms with E-state index in [1.807, 2.05) is 23.6 Å². The fraction of sp³-hybridized carbons (Fsp3) is 0.0833. The highest BCUT2D eigenvalue weighted by Crippen LogP contribution is 2.35. The van der Waals surface area contributed by atoms with Crippen LogP contribution in [0.4, 0.5) is 5.13 Å². The van der Waals surface area contributed by atoms with Crippen LogP contribution in [0, 0.1) is 0 Å². The second kappa shape index (κ2) is 4.10. The minimum atomic E-state index is -0.638. The molecule has 0 aliphatic rings. The number of hydrogen-bond donors (Lipinski definition) is 2. The molecule has 86 valence electrons. The molecule has 3 nitrogen and oxygen atoms in total. The van der Waals surface area contributed by atoms with Gasteiger partial charge in [-0.2, -0.15) is 0 Å². The van der Waals surface area contributed by atoms with E-state index in [9.17, 15) is 5.11 Å². The standard InChI is InChI=1S/C12H10N2OS2/c13-12-14-5-10(17-12)11(15)8-6-16-9-4-2-1-3-7(8)9/h1-6,11,15H,(H2,13,14). The van der Waals surface area contributed by atoms with Crippen LogP contribution < -0.4 is 5.73 Å². The van der Waals surface area contributed by atoms with E-state index in [1.165, 1.54) is 16.0 Å². The zero-order valence-electron chi connectivity index (χ0n) is 8.83. The third-order valence-corrected chi connectivity index (χ3v) is 4.48. The predicted octanol–water partition coefficient (Wildman–Crippen LogP) is 3.02. The molecule has 0 aliphatic carbocycles. The van der Waals surface area contributed by atoms with Gasteiger partial charge in [-0.1, -0.05) is 29.5 Å². The lowest BCUT2D eigenvalue weighted by molar-refractivity contribution is 0.226. The number of nitrogens with two attached hydrogens (primary N) is 1. The SMILES string of the molecule is Nc1ncc(C(O)c2csc3ccccc23)s1. The number of nitrogens with zero attached hydrogens (tertiary/aromatic N) is 1. The van der Waals surface area contributed by atoms with Crippen molar-refractivity contribution in [3.05, 3.63) is 46.3 Å². The molecule has 0 fully saturated rings. The Kier molecular flexibility index (Phi) is 2.58. The first-order valence-electron chi connectivity index (χ1n) is 5.11. The highest BCUT2D eigenvalue weighted by Gasteiger charge is 2.17. The average Bonchev–Trinajstić information content (AvgIpc) is 2.94. The monoisotopic (exact) mass is 262 g/mol. The number of aliphatic hydroxyl groups excluding tert-OH is 1. The smallest absolute Gasteiger partial charge is 0.180 e. The highest BCUT2D eigenvalue weighted by atomic mass is 32.1. The zero-order valence-corrected chi connectivity index (χ0v) is 10.5. The van der Waals surface area contributed by atoms with Crippen LogP contribution >= 0.6 is 22.7 Å². The number of hydrogen-bond acceptors (Lipinski definition) is 5. The summed E-state index contributed by atoms with van der Waals surface area (Å²) >= 11 is 2.96. The van der Waals surface area contributed by atoms with Gasteiger partial charge in [-0.25, -0.2) is 4.98 Å². The number of rotatable bonds is 2. The van der Waals surface area contributed by atoms with Gasteiger partial charge in [0.1, 0.15) is 6.10 Å². The van der Waals surface area contributed by atoms with Crippen molar-refractivity contribution >= 4 is 37.9 Å². The summed E-state index contributed by atoms with van der Waals surface area (Å²) in [6, 6.07) is 8.05. The van der Waals surface area contributed by atoms with Gasteiger partial charge in [0.25, 0.3) is 0 Å². The molecule has 0 spiro atoms. The molecular formula is C12H10N2OS2. The fourth-order valence-corrected chi connectivity index (χ4v) is 3.46. The third kappa shape index (κ3) is 1.82. The first-order chi connectivity index (χ1) is 8.25. The number of aromatic nitrogens is 1. The van der Waals surface area contributed by atoms with Crippen molar-refractivity contribution in [1.82, 2.24) is 4.98 Å². The maximum absolute atomic E-state index is 10.3. The minimum absolute atomic E-state index is 0.485. The van der Waals surface area contributed by atoms with Gasteiger partial charge < -0.3 is 10.8 Å². The second-order valence-electron chi connectivity index (χ2n) is 3.69. The Balaban J connectivity index is 2.09. The van der Waals surface area contributed by atoms with Gasteiger partial charge >= 0.3 is 0 Å². The van der Waals surface area contributed by atoms with E-state index in [0.29, 0.717) is 5.13 Å². The van der Waals surface area contributed by atoms with E-state index in [-0.39, 0.29) is 0 Å². The summed E-state index contributed by atoms with van der Waals surface area (Å²) in [5.41, 5.74) is 6.51. The number of aliphatic hydroxyl groups is 1. The number of thiazole rings is 1. The summed E-state index contributed by atoms with van der Waals surface area (Å²) in [7, 11) is 0. The van der Waals surface area contributed by atoms with Crippen molar-refractivity contribution in [2.24, 2.45) is 0 Å². The summed E-state index contributed by atoms with van der Waals surface area (Å²) in [4.78, 5) is 4.75. The molecule has 0 aliphatic heterocycles. The molecule has 1 unspecified atom stereocenters. The van der Waals surface area contributed by atoms with Gasteiger partial charge in [-0.05, 0) is 16.8 Å². The summed E-state index contributed by atoms with van der Waals surface area (Å²) in [5, 5.41) is 13.9. The van der Waals surface area contributed by atoms with Crippen molar-refractivity contribution in [3.8, 4) is 0 Å². The van der Waals surface area contributed by atoms with Crippen LogP contribution in [0.15, 0.2) is 35.8 Å². The maximum atomic E-state index is 10.3.